The van der Waals surface area contributed by atoms with E-state index >= 15 is 0 Å². The maximum atomic E-state index is 10.6. The number of rotatable bonds is 4. The maximum absolute atomic E-state index is 10.6. The molecule has 2 N–H and O–H groups in total. The zero-order chi connectivity index (χ0) is 12.3. The average molecular weight is 237 g/mol. The number of benzene rings is 1. The normalized spacial score (nSPS) is 19.7. The minimum atomic E-state index is -0.873. The molecule has 0 saturated carbocycles. The lowest BCUT2D eigenvalue weighted by Gasteiger charge is -2.27. The quantitative estimate of drug-likeness (QED) is 0.814. The molecule has 1 aromatic carbocycles. The number of hydrogen-bond donors (Lipinski definition) is 2. The van der Waals surface area contributed by atoms with E-state index in [2.05, 4.69) is 5.32 Å². The number of ether oxygens (including phenoxy) is 2. The minimum absolute atomic E-state index is 0.160. The van der Waals surface area contributed by atoms with Crippen LogP contribution in [0.1, 0.15) is 6.92 Å². The lowest BCUT2D eigenvalue weighted by molar-refractivity contribution is -0.139. The van der Waals surface area contributed by atoms with Crippen molar-refractivity contribution < 1.29 is 19.4 Å². The Hall–Kier alpha value is -1.75. The molecule has 0 amide bonds. The van der Waals surface area contributed by atoms with Gasteiger partial charge in [0.25, 0.3) is 0 Å². The molecule has 1 heterocycles. The highest BCUT2D eigenvalue weighted by molar-refractivity contribution is 5.72. The first-order valence-corrected chi connectivity index (χ1v) is 5.51. The molecule has 17 heavy (non-hydrogen) atoms. The number of hydrogen-bond acceptors (Lipinski definition) is 4. The number of aliphatic carboxylic acids is 1. The fourth-order valence-electron chi connectivity index (χ4n) is 1.56. The number of para-hydroxylation sites is 2. The summed E-state index contributed by atoms with van der Waals surface area (Å²) in [5, 5.41) is 11.6. The van der Waals surface area contributed by atoms with E-state index < -0.39 is 12.0 Å². The Bertz CT molecular complexity index is 407. The Morgan fingerprint density at radius 3 is 2.94 bits per heavy atom. The summed E-state index contributed by atoms with van der Waals surface area (Å²) in [4.78, 5) is 10.6. The van der Waals surface area contributed by atoms with E-state index in [0.29, 0.717) is 18.9 Å². The van der Waals surface area contributed by atoms with Gasteiger partial charge in [0.2, 0.25) is 0 Å². The molecule has 0 radical (unpaired) electrons. The van der Waals surface area contributed by atoms with Gasteiger partial charge in [0.05, 0.1) is 0 Å². The van der Waals surface area contributed by atoms with E-state index in [0.717, 1.165) is 5.75 Å². The van der Waals surface area contributed by atoms with Gasteiger partial charge < -0.3 is 19.9 Å². The van der Waals surface area contributed by atoms with E-state index in [1.165, 1.54) is 0 Å². The molecule has 0 aliphatic carbocycles. The first kappa shape index (κ1) is 11.7. The summed E-state index contributed by atoms with van der Waals surface area (Å²) in [6.45, 7) is 2.47. The van der Waals surface area contributed by atoms with Crippen LogP contribution in [-0.4, -0.2) is 36.4 Å². The summed E-state index contributed by atoms with van der Waals surface area (Å²) in [7, 11) is 0. The first-order chi connectivity index (χ1) is 8.16. The second-order valence-electron chi connectivity index (χ2n) is 3.97. The summed E-state index contributed by atoms with van der Waals surface area (Å²) in [6.07, 6.45) is -0.160. The van der Waals surface area contributed by atoms with Gasteiger partial charge in [-0.1, -0.05) is 12.1 Å². The van der Waals surface area contributed by atoms with E-state index in [1.54, 1.807) is 6.92 Å². The van der Waals surface area contributed by atoms with Crippen molar-refractivity contribution in [1.29, 1.82) is 0 Å². The molecule has 2 unspecified atom stereocenters. The number of carboxylic acid groups (broad SMARTS) is 1. The fraction of sp³-hybridized carbons (Fsp3) is 0.417. The predicted molar refractivity (Wildman–Crippen MR) is 61.5 cm³/mol. The van der Waals surface area contributed by atoms with Crippen molar-refractivity contribution in [3.8, 4) is 11.5 Å². The van der Waals surface area contributed by atoms with Gasteiger partial charge in [-0.25, -0.2) is 0 Å². The number of nitrogens with one attached hydrogen (secondary N) is 1. The molecule has 0 spiro atoms. The van der Waals surface area contributed by atoms with Gasteiger partial charge in [-0.2, -0.15) is 0 Å². The zero-order valence-electron chi connectivity index (χ0n) is 9.55. The van der Waals surface area contributed by atoms with E-state index in [9.17, 15) is 4.79 Å². The van der Waals surface area contributed by atoms with Crippen molar-refractivity contribution in [3.63, 3.8) is 0 Å². The van der Waals surface area contributed by atoms with Gasteiger partial charge in [0.15, 0.2) is 11.5 Å². The van der Waals surface area contributed by atoms with Crippen molar-refractivity contribution in [2.24, 2.45) is 0 Å². The van der Waals surface area contributed by atoms with E-state index in [-0.39, 0.29) is 6.10 Å². The van der Waals surface area contributed by atoms with Crippen LogP contribution in [0.4, 0.5) is 0 Å². The van der Waals surface area contributed by atoms with Crippen LogP contribution in [0.5, 0.6) is 11.5 Å². The molecule has 5 nitrogen and oxygen atoms in total. The van der Waals surface area contributed by atoms with Crippen LogP contribution in [0.25, 0.3) is 0 Å². The van der Waals surface area contributed by atoms with Gasteiger partial charge in [-0.05, 0) is 19.1 Å². The summed E-state index contributed by atoms with van der Waals surface area (Å²) in [5.74, 6) is 0.561. The highest BCUT2D eigenvalue weighted by Crippen LogP contribution is 2.30. The SMILES string of the molecule is CC(NCC1COc2ccccc2O1)C(=O)O. The van der Waals surface area contributed by atoms with Crippen LogP contribution >= 0.6 is 0 Å². The Balaban J connectivity index is 1.88. The van der Waals surface area contributed by atoms with E-state index in [4.69, 9.17) is 14.6 Å². The van der Waals surface area contributed by atoms with Crippen molar-refractivity contribution in [1.82, 2.24) is 5.32 Å². The number of fused-ring (bicyclic) bond motifs is 1. The lowest BCUT2D eigenvalue weighted by Crippen LogP contribution is -2.44. The highest BCUT2D eigenvalue weighted by atomic mass is 16.6. The molecule has 2 atom stereocenters. The second-order valence-corrected chi connectivity index (χ2v) is 3.97. The van der Waals surface area contributed by atoms with Crippen molar-refractivity contribution in [2.75, 3.05) is 13.2 Å². The summed E-state index contributed by atoms with van der Waals surface area (Å²) in [6, 6.07) is 6.85. The number of carbonyl (C=O) groups is 1. The van der Waals surface area contributed by atoms with Gasteiger partial charge in [0, 0.05) is 6.54 Å². The van der Waals surface area contributed by atoms with Crippen molar-refractivity contribution in [2.45, 2.75) is 19.1 Å². The molecule has 0 saturated heterocycles. The second kappa shape index (κ2) is 5.05. The summed E-state index contributed by atoms with van der Waals surface area (Å²) in [5.41, 5.74) is 0. The van der Waals surface area contributed by atoms with Crippen LogP contribution in [-0.2, 0) is 4.79 Å². The topological polar surface area (TPSA) is 67.8 Å². The molecule has 0 aromatic heterocycles. The van der Waals surface area contributed by atoms with Crippen molar-refractivity contribution in [3.05, 3.63) is 24.3 Å². The molecular weight excluding hydrogens is 222 g/mol. The summed E-state index contributed by atoms with van der Waals surface area (Å²) < 4.78 is 11.2. The lowest BCUT2D eigenvalue weighted by atomic mass is 10.2. The molecule has 5 heteroatoms. The zero-order valence-corrected chi connectivity index (χ0v) is 9.55. The van der Waals surface area contributed by atoms with Crippen molar-refractivity contribution >= 4 is 5.97 Å². The molecule has 1 aromatic rings. The standard InChI is InChI=1S/C12H15NO4/c1-8(12(14)15)13-6-9-7-16-10-4-2-3-5-11(10)17-9/h2-5,8-9,13H,6-7H2,1H3,(H,14,15). The molecule has 1 aliphatic rings. The highest BCUT2D eigenvalue weighted by Gasteiger charge is 2.21. The van der Waals surface area contributed by atoms with Crippen LogP contribution in [0.3, 0.4) is 0 Å². The molecular formula is C12H15NO4. The molecule has 0 fully saturated rings. The average Bonchev–Trinajstić information content (AvgIpc) is 2.35. The minimum Gasteiger partial charge on any atom is -0.486 e. The molecule has 1 aliphatic heterocycles. The van der Waals surface area contributed by atoms with Gasteiger partial charge >= 0.3 is 5.97 Å². The predicted octanol–water partition coefficient (Wildman–Crippen LogP) is 0.889. The Morgan fingerprint density at radius 2 is 2.24 bits per heavy atom. The molecule has 92 valence electrons. The Labute approximate surface area is 99.3 Å². The summed E-state index contributed by atoms with van der Waals surface area (Å²) >= 11 is 0. The Morgan fingerprint density at radius 1 is 1.53 bits per heavy atom. The maximum Gasteiger partial charge on any atom is 0.320 e. The third-order valence-electron chi connectivity index (χ3n) is 2.59. The van der Waals surface area contributed by atoms with Gasteiger partial charge in [-0.3, -0.25) is 4.79 Å². The monoisotopic (exact) mass is 237 g/mol. The molecule has 2 rings (SSSR count). The number of carboxylic acids is 1. The Kier molecular flexibility index (Phi) is 3.49. The van der Waals surface area contributed by atoms with Gasteiger partial charge in [-0.15, -0.1) is 0 Å². The fourth-order valence-corrected chi connectivity index (χ4v) is 1.56. The molecule has 0 bridgehead atoms. The van der Waals surface area contributed by atoms with Crippen LogP contribution in [0.15, 0.2) is 24.3 Å². The third-order valence-corrected chi connectivity index (χ3v) is 2.59. The smallest absolute Gasteiger partial charge is 0.320 e. The van der Waals surface area contributed by atoms with Crippen LogP contribution in [0, 0.1) is 0 Å². The van der Waals surface area contributed by atoms with Crippen LogP contribution in [0.2, 0.25) is 0 Å². The third kappa shape index (κ3) is 2.88. The van der Waals surface area contributed by atoms with Crippen LogP contribution < -0.4 is 14.8 Å². The first-order valence-electron chi connectivity index (χ1n) is 5.51. The largest absolute Gasteiger partial charge is 0.486 e. The van der Waals surface area contributed by atoms with Gasteiger partial charge in [0.1, 0.15) is 18.8 Å². The van der Waals surface area contributed by atoms with E-state index in [1.807, 2.05) is 24.3 Å².